The first-order valence-corrected chi connectivity index (χ1v) is 6.96. The predicted molar refractivity (Wildman–Crippen MR) is 85.4 cm³/mol. The van der Waals surface area contributed by atoms with Crippen molar-refractivity contribution >= 4 is 0 Å². The number of rotatable bonds is 1. The van der Waals surface area contributed by atoms with Gasteiger partial charge >= 0.3 is 0 Å². The van der Waals surface area contributed by atoms with Crippen molar-refractivity contribution in [1.82, 2.24) is 0 Å². The zero-order valence-electron chi connectivity index (χ0n) is 12.0. The standard InChI is InChI=1S/C20H18/c1-3-4-5-8-19-9-6-7-10-20(19)16-15-18-13-11-17(2)12-14-18/h6-7,9-14H,3-4H2,1-2H3. The van der Waals surface area contributed by atoms with Crippen LogP contribution in [0.5, 0.6) is 0 Å². The van der Waals surface area contributed by atoms with Gasteiger partial charge in [0.2, 0.25) is 0 Å². The number of hydrogen-bond acceptors (Lipinski definition) is 0. The molecule has 0 saturated heterocycles. The molecule has 0 N–H and O–H groups in total. The van der Waals surface area contributed by atoms with Crippen molar-refractivity contribution in [3.8, 4) is 23.7 Å². The van der Waals surface area contributed by atoms with E-state index < -0.39 is 0 Å². The normalized spacial score (nSPS) is 9.10. The van der Waals surface area contributed by atoms with Crippen LogP contribution in [0.25, 0.3) is 0 Å². The fourth-order valence-corrected chi connectivity index (χ4v) is 1.76. The molecule has 0 aliphatic heterocycles. The minimum absolute atomic E-state index is 0.930. The van der Waals surface area contributed by atoms with Crippen molar-refractivity contribution < 1.29 is 0 Å². The van der Waals surface area contributed by atoms with Crippen molar-refractivity contribution in [2.75, 3.05) is 0 Å². The number of benzene rings is 2. The minimum Gasteiger partial charge on any atom is -0.0979 e. The third kappa shape index (κ3) is 4.04. The molecule has 0 amide bonds. The van der Waals surface area contributed by atoms with Crippen molar-refractivity contribution in [2.45, 2.75) is 26.7 Å². The van der Waals surface area contributed by atoms with Crippen LogP contribution < -0.4 is 0 Å². The highest BCUT2D eigenvalue weighted by molar-refractivity contribution is 5.52. The molecule has 2 rings (SSSR count). The lowest BCUT2D eigenvalue weighted by Gasteiger charge is -1.95. The summed E-state index contributed by atoms with van der Waals surface area (Å²) in [6.07, 6.45) is 2.02. The van der Waals surface area contributed by atoms with Crippen molar-refractivity contribution in [2.24, 2.45) is 0 Å². The highest BCUT2D eigenvalue weighted by Crippen LogP contribution is 2.07. The van der Waals surface area contributed by atoms with Gasteiger partial charge in [-0.25, -0.2) is 0 Å². The summed E-state index contributed by atoms with van der Waals surface area (Å²) in [5.74, 6) is 12.8. The van der Waals surface area contributed by atoms with Gasteiger partial charge in [-0.05, 0) is 37.6 Å². The highest BCUT2D eigenvalue weighted by atomic mass is 14.0. The summed E-state index contributed by atoms with van der Waals surface area (Å²) in [5.41, 5.74) is 4.30. The molecule has 0 aliphatic rings. The lowest BCUT2D eigenvalue weighted by atomic mass is 10.1. The first kappa shape index (κ1) is 14.0. The highest BCUT2D eigenvalue weighted by Gasteiger charge is 1.94. The molecular formula is C20H18. The molecule has 0 spiro atoms. The van der Waals surface area contributed by atoms with Gasteiger partial charge in [0.05, 0.1) is 0 Å². The molecule has 0 unspecified atom stereocenters. The largest absolute Gasteiger partial charge is 0.0979 e. The smallest absolute Gasteiger partial charge is 0.0405 e. The van der Waals surface area contributed by atoms with E-state index in [1.165, 1.54) is 5.56 Å². The van der Waals surface area contributed by atoms with Gasteiger partial charge in [-0.2, -0.15) is 0 Å². The second-order valence-corrected chi connectivity index (χ2v) is 4.71. The van der Waals surface area contributed by atoms with Crippen LogP contribution in [-0.2, 0) is 0 Å². The lowest BCUT2D eigenvalue weighted by Crippen LogP contribution is -1.83. The van der Waals surface area contributed by atoms with E-state index >= 15 is 0 Å². The second-order valence-electron chi connectivity index (χ2n) is 4.71. The average molecular weight is 258 g/mol. The number of aryl methyl sites for hydroxylation is 1. The van der Waals surface area contributed by atoms with Crippen LogP contribution in [0.2, 0.25) is 0 Å². The summed E-state index contributed by atoms with van der Waals surface area (Å²) in [7, 11) is 0. The van der Waals surface area contributed by atoms with E-state index in [1.807, 2.05) is 36.4 Å². The molecule has 0 aromatic heterocycles. The fourth-order valence-electron chi connectivity index (χ4n) is 1.76. The van der Waals surface area contributed by atoms with E-state index in [2.05, 4.69) is 49.7 Å². The maximum atomic E-state index is 3.22. The van der Waals surface area contributed by atoms with Gasteiger partial charge in [0.25, 0.3) is 0 Å². The molecule has 98 valence electrons. The molecule has 2 aromatic carbocycles. The Hall–Kier alpha value is -2.44. The summed E-state index contributed by atoms with van der Waals surface area (Å²) in [6, 6.07) is 16.3. The van der Waals surface area contributed by atoms with Crippen LogP contribution in [0.15, 0.2) is 48.5 Å². The third-order valence-electron chi connectivity index (χ3n) is 2.92. The Kier molecular flexibility index (Phi) is 5.05. The molecule has 0 nitrogen and oxygen atoms in total. The molecule has 0 saturated carbocycles. The fraction of sp³-hybridized carbons (Fsp3) is 0.200. The molecular weight excluding hydrogens is 240 g/mol. The summed E-state index contributed by atoms with van der Waals surface area (Å²) in [5, 5.41) is 0. The van der Waals surface area contributed by atoms with Gasteiger partial charge in [0, 0.05) is 23.1 Å². The van der Waals surface area contributed by atoms with E-state index in [0.717, 1.165) is 29.5 Å². The molecule has 0 heteroatoms. The topological polar surface area (TPSA) is 0 Å². The SMILES string of the molecule is CCCC#Cc1ccccc1C#Cc1ccc(C)cc1. The van der Waals surface area contributed by atoms with Crippen LogP contribution in [-0.4, -0.2) is 0 Å². The van der Waals surface area contributed by atoms with Gasteiger partial charge in [-0.15, -0.1) is 0 Å². The zero-order valence-corrected chi connectivity index (χ0v) is 12.0. The average Bonchev–Trinajstić information content (AvgIpc) is 2.48. The summed E-state index contributed by atoms with van der Waals surface area (Å²) >= 11 is 0. The van der Waals surface area contributed by atoms with E-state index in [4.69, 9.17) is 0 Å². The Bertz CT molecular complexity index is 683. The number of hydrogen-bond donors (Lipinski definition) is 0. The monoisotopic (exact) mass is 258 g/mol. The Morgan fingerprint density at radius 3 is 2.10 bits per heavy atom. The first-order valence-electron chi connectivity index (χ1n) is 6.96. The summed E-state index contributed by atoms with van der Waals surface area (Å²) in [4.78, 5) is 0. The molecule has 20 heavy (non-hydrogen) atoms. The van der Waals surface area contributed by atoms with Gasteiger partial charge < -0.3 is 0 Å². The minimum atomic E-state index is 0.930. The van der Waals surface area contributed by atoms with Crippen LogP contribution in [0, 0.1) is 30.6 Å². The first-order chi connectivity index (χ1) is 9.79. The van der Waals surface area contributed by atoms with Crippen LogP contribution in [0.4, 0.5) is 0 Å². The maximum absolute atomic E-state index is 3.22. The Morgan fingerprint density at radius 1 is 0.800 bits per heavy atom. The molecule has 0 heterocycles. The lowest BCUT2D eigenvalue weighted by molar-refractivity contribution is 0.983. The molecule has 0 bridgehead atoms. The van der Waals surface area contributed by atoms with E-state index in [0.29, 0.717) is 0 Å². The Balaban J connectivity index is 2.26. The molecule has 0 radical (unpaired) electrons. The van der Waals surface area contributed by atoms with Gasteiger partial charge in [0.1, 0.15) is 0 Å². The number of unbranched alkanes of at least 4 members (excludes halogenated alkanes) is 1. The van der Waals surface area contributed by atoms with Gasteiger partial charge in [0.15, 0.2) is 0 Å². The van der Waals surface area contributed by atoms with Gasteiger partial charge in [-0.1, -0.05) is 60.4 Å². The van der Waals surface area contributed by atoms with Crippen molar-refractivity contribution in [3.05, 3.63) is 70.8 Å². The third-order valence-corrected chi connectivity index (χ3v) is 2.92. The Labute approximate surface area is 121 Å². The maximum Gasteiger partial charge on any atom is 0.0405 e. The van der Waals surface area contributed by atoms with Crippen molar-refractivity contribution in [3.63, 3.8) is 0 Å². The van der Waals surface area contributed by atoms with Crippen LogP contribution in [0.3, 0.4) is 0 Å². The van der Waals surface area contributed by atoms with Crippen molar-refractivity contribution in [1.29, 1.82) is 0 Å². The van der Waals surface area contributed by atoms with Crippen LogP contribution >= 0.6 is 0 Å². The quantitative estimate of drug-likeness (QED) is 0.658. The van der Waals surface area contributed by atoms with E-state index in [9.17, 15) is 0 Å². The summed E-state index contributed by atoms with van der Waals surface area (Å²) in [6.45, 7) is 4.22. The van der Waals surface area contributed by atoms with E-state index in [-0.39, 0.29) is 0 Å². The van der Waals surface area contributed by atoms with Gasteiger partial charge in [-0.3, -0.25) is 0 Å². The second kappa shape index (κ2) is 7.22. The molecule has 2 aromatic rings. The summed E-state index contributed by atoms with van der Waals surface area (Å²) < 4.78 is 0. The predicted octanol–water partition coefficient (Wildman–Crippen LogP) is 4.55. The molecule has 0 atom stereocenters. The Morgan fingerprint density at radius 2 is 1.45 bits per heavy atom. The molecule has 0 aliphatic carbocycles. The zero-order chi connectivity index (χ0) is 14.2. The van der Waals surface area contributed by atoms with Crippen LogP contribution in [0.1, 0.15) is 42.0 Å². The van der Waals surface area contributed by atoms with E-state index in [1.54, 1.807) is 0 Å². The molecule has 0 fully saturated rings.